The zero-order valence-corrected chi connectivity index (χ0v) is 15.7. The Morgan fingerprint density at radius 1 is 1.21 bits per heavy atom. The van der Waals surface area contributed by atoms with Gasteiger partial charge in [0.1, 0.15) is 5.82 Å². The van der Waals surface area contributed by atoms with Gasteiger partial charge in [0.15, 0.2) is 5.82 Å². The Morgan fingerprint density at radius 3 is 2.62 bits per heavy atom. The van der Waals surface area contributed by atoms with Crippen molar-refractivity contribution in [2.24, 2.45) is 5.41 Å². The molecule has 0 bridgehead atoms. The summed E-state index contributed by atoms with van der Waals surface area (Å²) in [5, 5.41) is 12.0. The molecule has 6 heteroatoms. The van der Waals surface area contributed by atoms with Crippen LogP contribution < -0.4 is 5.32 Å². The van der Waals surface area contributed by atoms with Gasteiger partial charge in [0.05, 0.1) is 6.54 Å². The maximum atomic E-state index is 12.7. The van der Waals surface area contributed by atoms with Crippen LogP contribution in [0.2, 0.25) is 0 Å². The molecule has 0 spiro atoms. The number of nitrogens with one attached hydrogen (secondary N) is 1. The van der Waals surface area contributed by atoms with E-state index >= 15 is 0 Å². The number of urea groups is 1. The number of carbonyl (C=O) groups excluding carboxylic acids is 1. The molecule has 1 fully saturated rings. The second-order valence-electron chi connectivity index (χ2n) is 9.00. The number of carbonyl (C=O) groups is 1. The molecule has 6 nitrogen and oxygen atoms in total. The molecular formula is C18H31N5O. The van der Waals surface area contributed by atoms with Crippen molar-refractivity contribution in [1.82, 2.24) is 25.0 Å². The average Bonchev–Trinajstić information content (AvgIpc) is 2.92. The Balaban J connectivity index is 1.67. The monoisotopic (exact) mass is 333 g/mol. The molecule has 1 aromatic heterocycles. The third-order valence-corrected chi connectivity index (χ3v) is 5.52. The third kappa shape index (κ3) is 3.28. The molecule has 1 atom stereocenters. The van der Waals surface area contributed by atoms with Crippen molar-refractivity contribution in [2.45, 2.75) is 84.8 Å². The van der Waals surface area contributed by atoms with Crippen LogP contribution in [0.4, 0.5) is 4.79 Å². The highest BCUT2D eigenvalue weighted by molar-refractivity contribution is 5.74. The van der Waals surface area contributed by atoms with Crippen molar-refractivity contribution in [2.75, 3.05) is 6.54 Å². The van der Waals surface area contributed by atoms with Crippen LogP contribution in [0.25, 0.3) is 0 Å². The SMILES string of the molecule is CC(C)(C)c1nnc2n1CCN(C(=O)NC1CCCCC1(C)C)C2. The van der Waals surface area contributed by atoms with E-state index in [4.69, 9.17) is 0 Å². The molecule has 3 rings (SSSR count). The maximum Gasteiger partial charge on any atom is 0.318 e. The van der Waals surface area contributed by atoms with Gasteiger partial charge in [-0.25, -0.2) is 4.79 Å². The summed E-state index contributed by atoms with van der Waals surface area (Å²) >= 11 is 0. The standard InChI is InChI=1S/C18H31N5O/c1-17(2,3)15-21-20-14-12-22(10-11-23(14)15)16(24)19-13-8-6-7-9-18(13,4)5/h13H,6-12H2,1-5H3,(H,19,24). The van der Waals surface area contributed by atoms with Crippen molar-refractivity contribution in [1.29, 1.82) is 0 Å². The van der Waals surface area contributed by atoms with Gasteiger partial charge in [-0.2, -0.15) is 0 Å². The number of nitrogens with zero attached hydrogens (tertiary/aromatic N) is 4. The third-order valence-electron chi connectivity index (χ3n) is 5.52. The van der Waals surface area contributed by atoms with E-state index in [2.05, 4.69) is 54.7 Å². The van der Waals surface area contributed by atoms with E-state index in [1.54, 1.807) is 0 Å². The van der Waals surface area contributed by atoms with E-state index in [1.165, 1.54) is 19.3 Å². The lowest BCUT2D eigenvalue weighted by atomic mass is 9.73. The smallest absolute Gasteiger partial charge is 0.318 e. The van der Waals surface area contributed by atoms with Gasteiger partial charge in [-0.3, -0.25) is 0 Å². The number of hydrogen-bond acceptors (Lipinski definition) is 3. The molecule has 1 saturated carbocycles. The van der Waals surface area contributed by atoms with Crippen LogP contribution in [0.3, 0.4) is 0 Å². The van der Waals surface area contributed by atoms with E-state index in [1.807, 2.05) is 4.90 Å². The summed E-state index contributed by atoms with van der Waals surface area (Å²) in [6, 6.07) is 0.310. The minimum absolute atomic E-state index is 0.0260. The van der Waals surface area contributed by atoms with Crippen LogP contribution in [0.15, 0.2) is 0 Å². The molecule has 2 amide bonds. The maximum absolute atomic E-state index is 12.7. The molecule has 1 aromatic rings. The van der Waals surface area contributed by atoms with Crippen molar-refractivity contribution >= 4 is 6.03 Å². The Kier molecular flexibility index (Phi) is 4.34. The fourth-order valence-corrected chi connectivity index (χ4v) is 3.89. The highest BCUT2D eigenvalue weighted by atomic mass is 16.2. The molecule has 1 aliphatic carbocycles. The highest BCUT2D eigenvalue weighted by Gasteiger charge is 2.35. The van der Waals surface area contributed by atoms with Gasteiger partial charge in [-0.15, -0.1) is 10.2 Å². The molecule has 0 aromatic carbocycles. The van der Waals surface area contributed by atoms with Gasteiger partial charge in [-0.05, 0) is 18.3 Å². The summed E-state index contributed by atoms with van der Waals surface area (Å²) in [5.41, 5.74) is 0.158. The minimum Gasteiger partial charge on any atom is -0.335 e. The van der Waals surface area contributed by atoms with E-state index in [0.717, 1.165) is 24.6 Å². The summed E-state index contributed by atoms with van der Waals surface area (Å²) < 4.78 is 2.17. The van der Waals surface area contributed by atoms with Crippen LogP contribution in [0.5, 0.6) is 0 Å². The normalized spacial score (nSPS) is 23.7. The molecule has 0 saturated heterocycles. The largest absolute Gasteiger partial charge is 0.335 e. The van der Waals surface area contributed by atoms with Gasteiger partial charge in [0.25, 0.3) is 0 Å². The van der Waals surface area contributed by atoms with E-state index < -0.39 is 0 Å². The summed E-state index contributed by atoms with van der Waals surface area (Å²) in [6.07, 6.45) is 4.73. The molecule has 134 valence electrons. The molecule has 1 N–H and O–H groups in total. The summed E-state index contributed by atoms with van der Waals surface area (Å²) in [4.78, 5) is 14.6. The Bertz CT molecular complexity index is 613. The predicted molar refractivity (Wildman–Crippen MR) is 93.7 cm³/mol. The first-order valence-electron chi connectivity index (χ1n) is 9.16. The molecule has 2 aliphatic rings. The summed E-state index contributed by atoms with van der Waals surface area (Å²) in [7, 11) is 0. The van der Waals surface area contributed by atoms with Gasteiger partial charge < -0.3 is 14.8 Å². The molecule has 1 unspecified atom stereocenters. The number of fused-ring (bicyclic) bond motifs is 1. The Labute approximate surface area is 145 Å². The van der Waals surface area contributed by atoms with Crippen molar-refractivity contribution in [3.8, 4) is 0 Å². The lowest BCUT2D eigenvalue weighted by molar-refractivity contribution is 0.140. The topological polar surface area (TPSA) is 63.1 Å². The molecule has 1 aliphatic heterocycles. The van der Waals surface area contributed by atoms with E-state index in [-0.39, 0.29) is 22.9 Å². The van der Waals surface area contributed by atoms with Gasteiger partial charge in [0, 0.05) is 24.5 Å². The fraction of sp³-hybridized carbons (Fsp3) is 0.833. The van der Waals surface area contributed by atoms with Crippen LogP contribution in [0, 0.1) is 5.41 Å². The van der Waals surface area contributed by atoms with Crippen molar-refractivity contribution in [3.63, 3.8) is 0 Å². The zero-order chi connectivity index (χ0) is 17.5. The van der Waals surface area contributed by atoms with Gasteiger partial charge >= 0.3 is 6.03 Å². The lowest BCUT2D eigenvalue weighted by Crippen LogP contribution is -2.52. The number of hydrogen-bond donors (Lipinski definition) is 1. The second-order valence-corrected chi connectivity index (χ2v) is 9.00. The van der Waals surface area contributed by atoms with E-state index in [0.29, 0.717) is 13.1 Å². The summed E-state index contributed by atoms with van der Waals surface area (Å²) in [6.45, 7) is 13.0. The van der Waals surface area contributed by atoms with Crippen LogP contribution >= 0.6 is 0 Å². The lowest BCUT2D eigenvalue weighted by Gasteiger charge is -2.40. The Morgan fingerprint density at radius 2 is 1.96 bits per heavy atom. The number of amides is 2. The quantitative estimate of drug-likeness (QED) is 0.859. The second kappa shape index (κ2) is 6.05. The fourth-order valence-electron chi connectivity index (χ4n) is 3.89. The van der Waals surface area contributed by atoms with Gasteiger partial charge in [-0.1, -0.05) is 47.5 Å². The van der Waals surface area contributed by atoms with Crippen LogP contribution in [-0.2, 0) is 18.5 Å². The minimum atomic E-state index is -0.0260. The van der Waals surface area contributed by atoms with Crippen LogP contribution in [-0.4, -0.2) is 38.3 Å². The average molecular weight is 333 g/mol. The molecule has 24 heavy (non-hydrogen) atoms. The molecular weight excluding hydrogens is 302 g/mol. The first kappa shape index (κ1) is 17.2. The molecule has 2 heterocycles. The van der Waals surface area contributed by atoms with Crippen LogP contribution in [0.1, 0.15) is 72.0 Å². The zero-order valence-electron chi connectivity index (χ0n) is 15.7. The summed E-state index contributed by atoms with van der Waals surface area (Å²) in [5.74, 6) is 1.90. The van der Waals surface area contributed by atoms with Crippen molar-refractivity contribution in [3.05, 3.63) is 11.6 Å². The first-order valence-corrected chi connectivity index (χ1v) is 9.16. The number of aromatic nitrogens is 3. The van der Waals surface area contributed by atoms with Gasteiger partial charge in [0.2, 0.25) is 0 Å². The predicted octanol–water partition coefficient (Wildman–Crippen LogP) is 3.07. The molecule has 0 radical (unpaired) electrons. The first-order chi connectivity index (χ1) is 11.2. The Hall–Kier alpha value is -1.59. The van der Waals surface area contributed by atoms with E-state index in [9.17, 15) is 4.79 Å². The highest BCUT2D eigenvalue weighted by Crippen LogP contribution is 2.35. The van der Waals surface area contributed by atoms with Crippen molar-refractivity contribution < 1.29 is 4.79 Å². The number of rotatable bonds is 1.